The standard InChI is InChI=1S/C57H66ClF4N6O10PS4/c1-38(2)68-39(3)55(81(4)73)53(54(68)40-11-13-43(58)14-12-40)42-33-44(59)35-48(34-42)67-29-27-66(28-30-67)47-17-15-45(16-18-47)64-83(76,77)50-19-20-51(52(36-50)82(74,75)57(60,61)62)63-46(37-80-49-9-6-5-7-10-49)23-26-65-24-21-41(22-25-65)56(69)78-31-8-32-79(70,71)72/h5-7,9-20,33-36,38,41,46,63-64H,8,21-32,37H2,1-4H3,(H2,70,71,72)/t46-,81?/m1/s1. The molecule has 3 heterocycles. The number of carbonyl (C=O) groups is 1. The van der Waals surface area contributed by atoms with Crippen molar-refractivity contribution in [3.05, 3.63) is 132 Å². The Kier molecular flexibility index (Phi) is 20.7. The number of esters is 1. The first kappa shape index (κ1) is 63.7. The van der Waals surface area contributed by atoms with Gasteiger partial charge in [0.05, 0.1) is 46.2 Å². The van der Waals surface area contributed by atoms with Crippen LogP contribution in [0.25, 0.3) is 22.4 Å². The summed E-state index contributed by atoms with van der Waals surface area (Å²) in [7, 11) is -15.0. The quantitative estimate of drug-likeness (QED) is 0.0117. The highest BCUT2D eigenvalue weighted by atomic mass is 35.5. The summed E-state index contributed by atoms with van der Waals surface area (Å²) < 4.78 is 148. The van der Waals surface area contributed by atoms with Crippen LogP contribution in [-0.4, -0.2) is 129 Å². The first-order valence-electron chi connectivity index (χ1n) is 26.8. The van der Waals surface area contributed by atoms with E-state index < -0.39 is 89.5 Å². The second-order valence-corrected chi connectivity index (χ2v) is 29.0. The molecule has 2 aliphatic rings. The number of hydrogen-bond acceptors (Lipinski definition) is 13. The molecule has 2 fully saturated rings. The summed E-state index contributed by atoms with van der Waals surface area (Å²) >= 11 is 6.24. The lowest BCUT2D eigenvalue weighted by molar-refractivity contribution is -0.150. The zero-order chi connectivity index (χ0) is 60.0. The highest BCUT2D eigenvalue weighted by molar-refractivity contribution is 7.99. The van der Waals surface area contributed by atoms with Gasteiger partial charge in [0.1, 0.15) is 17.0 Å². The fourth-order valence-electron chi connectivity index (χ4n) is 10.5. The van der Waals surface area contributed by atoms with E-state index in [2.05, 4.69) is 29.3 Å². The van der Waals surface area contributed by atoms with Gasteiger partial charge in [-0.05, 0) is 167 Å². The Morgan fingerprint density at radius 1 is 0.867 bits per heavy atom. The molecule has 0 spiro atoms. The van der Waals surface area contributed by atoms with Crippen molar-refractivity contribution >= 4 is 90.7 Å². The number of carbonyl (C=O) groups excluding carboxylic acids is 1. The predicted octanol–water partition coefficient (Wildman–Crippen LogP) is 11.4. The van der Waals surface area contributed by atoms with Crippen LogP contribution in [-0.2, 0) is 45.1 Å². The Bertz CT molecular complexity index is 3510. The Balaban J connectivity index is 0.945. The number of anilines is 4. The predicted molar refractivity (Wildman–Crippen MR) is 320 cm³/mol. The highest BCUT2D eigenvalue weighted by Crippen LogP contribution is 2.45. The SMILES string of the molecule is Cc1c([S+](C)[O-])c(-c2cc(F)cc(N3CCN(c4ccc(NS(=O)(=O)c5ccc(N[C@H](CCN6CCC(C(=O)OCCCP(=O)(O)O)CC6)CSc6ccccc6)c(S(=O)(=O)C(F)(F)F)c5)cc4)CC3)c2)c(-c2ccc(Cl)cc2)n1C(C)C. The molecule has 0 aliphatic carbocycles. The molecule has 2 aliphatic heterocycles. The van der Waals surface area contributed by atoms with Gasteiger partial charge < -0.3 is 43.7 Å². The van der Waals surface area contributed by atoms with Gasteiger partial charge in [-0.3, -0.25) is 14.1 Å². The van der Waals surface area contributed by atoms with E-state index >= 15 is 4.39 Å². The van der Waals surface area contributed by atoms with Crippen LogP contribution >= 0.6 is 31.0 Å². The lowest BCUT2D eigenvalue weighted by Crippen LogP contribution is -2.46. The fraction of sp³-hybridized carbons (Fsp3) is 0.386. The average molecular weight is 1270 g/mol. The van der Waals surface area contributed by atoms with Crippen molar-refractivity contribution in [2.24, 2.45) is 5.92 Å². The number of sulfonamides is 1. The van der Waals surface area contributed by atoms with Crippen molar-refractivity contribution in [2.75, 3.05) is 90.4 Å². The van der Waals surface area contributed by atoms with Crippen LogP contribution in [0.3, 0.4) is 0 Å². The first-order chi connectivity index (χ1) is 39.2. The molecule has 0 bridgehead atoms. The minimum Gasteiger partial charge on any atom is -0.612 e. The van der Waals surface area contributed by atoms with E-state index in [9.17, 15) is 43.9 Å². The third kappa shape index (κ3) is 16.0. The number of likely N-dealkylation sites (tertiary alicyclic amines) is 1. The van der Waals surface area contributed by atoms with Gasteiger partial charge in [0, 0.05) is 77.5 Å². The molecular formula is C57H66ClF4N6O10PS4. The molecule has 448 valence electrons. The van der Waals surface area contributed by atoms with Crippen LogP contribution in [0.5, 0.6) is 0 Å². The van der Waals surface area contributed by atoms with Crippen LogP contribution in [0, 0.1) is 18.7 Å². The van der Waals surface area contributed by atoms with Crippen LogP contribution in [0.15, 0.2) is 135 Å². The summed E-state index contributed by atoms with van der Waals surface area (Å²) in [5.74, 6) is -1.07. The van der Waals surface area contributed by atoms with Crippen LogP contribution in [0.1, 0.15) is 51.3 Å². The van der Waals surface area contributed by atoms with Gasteiger partial charge in [0.25, 0.3) is 19.9 Å². The number of halogens is 5. The van der Waals surface area contributed by atoms with Crippen LogP contribution in [0.2, 0.25) is 5.02 Å². The Labute approximate surface area is 494 Å². The van der Waals surface area contributed by atoms with E-state index in [-0.39, 0.29) is 30.5 Å². The summed E-state index contributed by atoms with van der Waals surface area (Å²) in [6, 6.07) is 29.6. The molecule has 4 N–H and O–H groups in total. The number of aromatic nitrogens is 1. The van der Waals surface area contributed by atoms with Crippen molar-refractivity contribution in [3.8, 4) is 22.4 Å². The number of benzene rings is 5. The number of hydrogen-bond donors (Lipinski definition) is 4. The van der Waals surface area contributed by atoms with E-state index in [0.717, 1.165) is 39.7 Å². The van der Waals surface area contributed by atoms with Crippen molar-refractivity contribution in [3.63, 3.8) is 0 Å². The summed E-state index contributed by atoms with van der Waals surface area (Å²) in [6.45, 7) is 9.18. The minimum atomic E-state index is -6.12. The van der Waals surface area contributed by atoms with E-state index in [1.165, 1.54) is 36.0 Å². The smallest absolute Gasteiger partial charge is 0.501 e. The summed E-state index contributed by atoms with van der Waals surface area (Å²) in [5, 5.41) is 3.56. The zero-order valence-electron chi connectivity index (χ0n) is 46.0. The van der Waals surface area contributed by atoms with E-state index in [1.54, 1.807) is 30.5 Å². The topological polar surface area (TPSA) is 214 Å². The molecule has 26 heteroatoms. The number of alkyl halides is 3. The Morgan fingerprint density at radius 3 is 2.11 bits per heavy atom. The van der Waals surface area contributed by atoms with E-state index in [0.29, 0.717) is 97.9 Å². The number of ether oxygens (including phenoxy) is 1. The van der Waals surface area contributed by atoms with E-state index in [4.69, 9.17) is 26.1 Å². The molecule has 2 atom stereocenters. The lowest BCUT2D eigenvalue weighted by atomic mass is 9.96. The molecule has 8 rings (SSSR count). The first-order valence-corrected chi connectivity index (χ1v) is 34.5. The molecule has 0 amide bonds. The lowest BCUT2D eigenvalue weighted by Gasteiger charge is -2.37. The maximum absolute atomic E-state index is 15.8. The van der Waals surface area contributed by atoms with Gasteiger partial charge in [-0.2, -0.15) is 13.2 Å². The van der Waals surface area contributed by atoms with Crippen molar-refractivity contribution in [1.82, 2.24) is 9.47 Å². The van der Waals surface area contributed by atoms with Gasteiger partial charge in [0.15, 0.2) is 4.90 Å². The second-order valence-electron chi connectivity index (χ2n) is 20.8. The number of thioether (sulfide) groups is 1. The molecule has 1 unspecified atom stereocenters. The number of nitrogens with one attached hydrogen (secondary N) is 2. The number of sulfone groups is 1. The summed E-state index contributed by atoms with van der Waals surface area (Å²) in [6.07, 6.45) is 2.42. The van der Waals surface area contributed by atoms with Crippen LogP contribution < -0.4 is 19.8 Å². The number of rotatable bonds is 23. The molecule has 0 radical (unpaired) electrons. The summed E-state index contributed by atoms with van der Waals surface area (Å²) in [5.41, 5.74) is -1.09. The Morgan fingerprint density at radius 2 is 1.51 bits per heavy atom. The number of piperidine rings is 1. The van der Waals surface area contributed by atoms with Gasteiger partial charge in [-0.25, -0.2) is 21.2 Å². The Hall–Kier alpha value is -5.27. The van der Waals surface area contributed by atoms with Gasteiger partial charge in [0.2, 0.25) is 0 Å². The molecule has 2 saturated heterocycles. The molecule has 1 aromatic heterocycles. The van der Waals surface area contributed by atoms with Crippen molar-refractivity contribution in [2.45, 2.75) is 83.6 Å². The highest BCUT2D eigenvalue weighted by Gasteiger charge is 2.48. The van der Waals surface area contributed by atoms with Crippen molar-refractivity contribution in [1.29, 1.82) is 0 Å². The van der Waals surface area contributed by atoms with Gasteiger partial charge >= 0.3 is 19.1 Å². The third-order valence-corrected chi connectivity index (χ3v) is 20.9. The number of piperazine rings is 1. The van der Waals surface area contributed by atoms with E-state index in [1.807, 2.05) is 69.3 Å². The number of nitrogens with zero attached hydrogens (tertiary/aromatic N) is 4. The third-order valence-electron chi connectivity index (χ3n) is 14.6. The molecule has 83 heavy (non-hydrogen) atoms. The van der Waals surface area contributed by atoms with Gasteiger partial charge in [-0.15, -0.1) is 11.8 Å². The average Bonchev–Trinajstić information content (AvgIpc) is 2.22. The normalized spacial score (nSPS) is 15.8. The molecule has 5 aromatic carbocycles. The maximum atomic E-state index is 15.8. The molecular weight excluding hydrogens is 1200 g/mol. The maximum Gasteiger partial charge on any atom is 0.501 e. The zero-order valence-corrected chi connectivity index (χ0v) is 50.9. The second kappa shape index (κ2) is 27.0. The monoisotopic (exact) mass is 1260 g/mol. The molecule has 6 aromatic rings. The summed E-state index contributed by atoms with van der Waals surface area (Å²) in [4.78, 5) is 36.5. The fourth-order valence-corrected chi connectivity index (χ4v) is 15.3. The minimum absolute atomic E-state index is 0.0144. The van der Waals surface area contributed by atoms with Gasteiger partial charge in [-0.1, -0.05) is 41.9 Å². The molecule has 16 nitrogen and oxygen atoms in total. The largest absolute Gasteiger partial charge is 0.612 e. The van der Waals surface area contributed by atoms with Crippen molar-refractivity contribution < 1.29 is 62.8 Å². The molecule has 0 saturated carbocycles. The van der Waals surface area contributed by atoms with Crippen LogP contribution in [0.4, 0.5) is 40.3 Å².